The van der Waals surface area contributed by atoms with Gasteiger partial charge in [-0.15, -0.1) is 0 Å². The quantitative estimate of drug-likeness (QED) is 0.260. The van der Waals surface area contributed by atoms with Gasteiger partial charge in [0.1, 0.15) is 23.3 Å². The summed E-state index contributed by atoms with van der Waals surface area (Å²) in [6.07, 6.45) is 4.17. The average molecular weight is 505 g/mol. The zero-order chi connectivity index (χ0) is 25.8. The van der Waals surface area contributed by atoms with Crippen LogP contribution in [-0.4, -0.2) is 34.4 Å². The van der Waals surface area contributed by atoms with Gasteiger partial charge in [0, 0.05) is 5.56 Å². The number of hydrogen-bond donors (Lipinski definition) is 1. The minimum absolute atomic E-state index is 0.00463. The molecule has 9 heteroatoms. The number of rotatable bonds is 8. The van der Waals surface area contributed by atoms with E-state index in [2.05, 4.69) is 11.6 Å². The lowest BCUT2D eigenvalue weighted by Crippen LogP contribution is -2.31. The van der Waals surface area contributed by atoms with Crippen LogP contribution in [0.5, 0.6) is 0 Å². The van der Waals surface area contributed by atoms with Crippen molar-refractivity contribution in [2.75, 3.05) is 11.5 Å². The highest BCUT2D eigenvalue weighted by Crippen LogP contribution is 2.43. The van der Waals surface area contributed by atoms with Crippen LogP contribution in [0.15, 0.2) is 84.7 Å². The van der Waals surface area contributed by atoms with Gasteiger partial charge >= 0.3 is 5.97 Å². The lowest BCUT2D eigenvalue weighted by Gasteiger charge is -2.24. The Morgan fingerprint density at radius 2 is 1.89 bits per heavy atom. The number of thiazole rings is 1. The van der Waals surface area contributed by atoms with E-state index in [1.807, 2.05) is 6.07 Å². The van der Waals surface area contributed by atoms with E-state index < -0.39 is 35.3 Å². The minimum Gasteiger partial charge on any atom is -0.503 e. The monoisotopic (exact) mass is 504 g/mol. The van der Waals surface area contributed by atoms with E-state index in [1.165, 1.54) is 36.4 Å². The maximum Gasteiger partial charge on any atom is 0.350 e. The number of halogens is 1. The summed E-state index contributed by atoms with van der Waals surface area (Å²) in [7, 11) is 0. The fraction of sp³-hybridized carbons (Fsp3) is 0.111. The van der Waals surface area contributed by atoms with Gasteiger partial charge in [-0.05, 0) is 24.6 Å². The van der Waals surface area contributed by atoms with E-state index in [1.54, 1.807) is 37.3 Å². The summed E-state index contributed by atoms with van der Waals surface area (Å²) in [4.78, 5) is 44.3. The Morgan fingerprint density at radius 1 is 1.19 bits per heavy atom. The van der Waals surface area contributed by atoms with Crippen molar-refractivity contribution < 1.29 is 28.6 Å². The SMILES string of the molecule is C=CCOC(=O)c1sc(N2C(=O)C(O)=C(C(=O)C=Cc3ccccc3)C2c2ccccc2F)nc1C. The molecular weight excluding hydrogens is 483 g/mol. The smallest absolute Gasteiger partial charge is 0.350 e. The predicted molar refractivity (Wildman–Crippen MR) is 134 cm³/mol. The number of esters is 1. The van der Waals surface area contributed by atoms with Crippen LogP contribution in [0.1, 0.15) is 32.5 Å². The summed E-state index contributed by atoms with van der Waals surface area (Å²) in [5, 5.41) is 10.8. The molecule has 7 nitrogen and oxygen atoms in total. The Labute approximate surface area is 210 Å². The van der Waals surface area contributed by atoms with E-state index in [0.717, 1.165) is 21.8 Å². The predicted octanol–water partition coefficient (Wildman–Crippen LogP) is 5.12. The molecule has 1 aliphatic heterocycles. The topological polar surface area (TPSA) is 96.8 Å². The first kappa shape index (κ1) is 24.7. The van der Waals surface area contributed by atoms with Gasteiger partial charge in [0.15, 0.2) is 16.7 Å². The third kappa shape index (κ3) is 4.73. The molecule has 1 aliphatic rings. The number of aryl methyl sites for hydroxylation is 1. The van der Waals surface area contributed by atoms with Crippen molar-refractivity contribution in [3.63, 3.8) is 0 Å². The van der Waals surface area contributed by atoms with Crippen molar-refractivity contribution in [1.82, 2.24) is 4.98 Å². The van der Waals surface area contributed by atoms with Crippen molar-refractivity contribution in [2.45, 2.75) is 13.0 Å². The Balaban J connectivity index is 1.78. The summed E-state index contributed by atoms with van der Waals surface area (Å²) in [5.41, 5.74) is 0.719. The third-order valence-corrected chi connectivity index (χ3v) is 6.55. The van der Waals surface area contributed by atoms with Crippen molar-refractivity contribution in [3.05, 3.63) is 112 Å². The fourth-order valence-electron chi connectivity index (χ4n) is 3.75. The Hall–Kier alpha value is -4.37. The Kier molecular flexibility index (Phi) is 7.21. The van der Waals surface area contributed by atoms with Crippen LogP contribution in [0, 0.1) is 12.7 Å². The number of amides is 1. The first-order valence-corrected chi connectivity index (χ1v) is 11.7. The molecule has 0 radical (unpaired) electrons. The summed E-state index contributed by atoms with van der Waals surface area (Å²) >= 11 is 0.845. The van der Waals surface area contributed by atoms with Crippen molar-refractivity contribution in [1.29, 1.82) is 0 Å². The second-order valence-corrected chi connectivity index (χ2v) is 8.75. The molecule has 3 aromatic rings. The number of hydrogen-bond acceptors (Lipinski definition) is 7. The molecule has 4 rings (SSSR count). The highest BCUT2D eigenvalue weighted by Gasteiger charge is 2.46. The molecule has 1 amide bonds. The number of ketones is 1. The number of aromatic nitrogens is 1. The number of anilines is 1. The van der Waals surface area contributed by atoms with Gasteiger partial charge in [-0.2, -0.15) is 0 Å². The number of ether oxygens (including phenoxy) is 1. The van der Waals surface area contributed by atoms with Crippen molar-refractivity contribution >= 4 is 40.2 Å². The normalized spacial score (nSPS) is 15.6. The van der Waals surface area contributed by atoms with Crippen LogP contribution in [0.3, 0.4) is 0 Å². The summed E-state index contributed by atoms with van der Waals surface area (Å²) in [5.74, 6) is -3.75. The molecular formula is C27H21FN2O5S. The molecule has 36 heavy (non-hydrogen) atoms. The Morgan fingerprint density at radius 3 is 2.58 bits per heavy atom. The largest absolute Gasteiger partial charge is 0.503 e. The van der Waals surface area contributed by atoms with Crippen LogP contribution in [-0.2, 0) is 14.3 Å². The summed E-state index contributed by atoms with van der Waals surface area (Å²) in [6.45, 7) is 5.05. The molecule has 0 bridgehead atoms. The molecule has 0 aliphatic carbocycles. The Bertz CT molecular complexity index is 1410. The van der Waals surface area contributed by atoms with Crippen molar-refractivity contribution in [2.24, 2.45) is 0 Å². The highest BCUT2D eigenvalue weighted by atomic mass is 32.1. The summed E-state index contributed by atoms with van der Waals surface area (Å²) < 4.78 is 20.0. The van der Waals surface area contributed by atoms with Gasteiger partial charge in [0.05, 0.1) is 11.3 Å². The van der Waals surface area contributed by atoms with Gasteiger partial charge in [0.2, 0.25) is 0 Å². The number of aliphatic hydroxyl groups is 1. The van der Waals surface area contributed by atoms with Gasteiger partial charge in [-0.1, -0.05) is 78.6 Å². The number of aliphatic hydroxyl groups excluding tert-OH is 1. The molecule has 1 N–H and O–H groups in total. The average Bonchev–Trinajstić information content (AvgIpc) is 3.38. The molecule has 182 valence electrons. The van der Waals surface area contributed by atoms with Crippen molar-refractivity contribution in [3.8, 4) is 0 Å². The standard InChI is InChI=1S/C27H21FN2O5S/c1-3-15-35-26(34)24-16(2)29-27(36-24)30-22(18-11-7-8-12-19(18)28)21(23(32)25(30)33)20(31)14-13-17-9-5-4-6-10-17/h3-14,22,32H,1,15H2,2H3. The fourth-order valence-corrected chi connectivity index (χ4v) is 4.73. The maximum absolute atomic E-state index is 15.0. The number of carbonyl (C=O) groups is 3. The molecule has 2 heterocycles. The van der Waals surface area contributed by atoms with Gasteiger partial charge in [-0.25, -0.2) is 14.2 Å². The maximum atomic E-state index is 15.0. The van der Waals surface area contributed by atoms with Gasteiger partial charge < -0.3 is 9.84 Å². The molecule has 0 saturated carbocycles. The van der Waals surface area contributed by atoms with Crippen LogP contribution in [0.4, 0.5) is 9.52 Å². The lowest BCUT2D eigenvalue weighted by atomic mass is 9.95. The molecule has 0 saturated heterocycles. The molecule has 1 atom stereocenters. The van der Waals surface area contributed by atoms with Crippen LogP contribution in [0.25, 0.3) is 6.08 Å². The second kappa shape index (κ2) is 10.5. The number of benzene rings is 2. The molecule has 2 aromatic carbocycles. The first-order chi connectivity index (χ1) is 17.3. The number of allylic oxidation sites excluding steroid dienone is 1. The zero-order valence-corrected chi connectivity index (χ0v) is 20.0. The molecule has 0 spiro atoms. The van der Waals surface area contributed by atoms with Crippen LogP contribution < -0.4 is 4.90 Å². The second-order valence-electron chi connectivity index (χ2n) is 7.77. The minimum atomic E-state index is -1.30. The van der Waals surface area contributed by atoms with E-state index in [0.29, 0.717) is 0 Å². The van der Waals surface area contributed by atoms with E-state index >= 15 is 0 Å². The summed E-state index contributed by atoms with van der Waals surface area (Å²) in [6, 6.07) is 13.3. The van der Waals surface area contributed by atoms with E-state index in [-0.39, 0.29) is 33.4 Å². The van der Waals surface area contributed by atoms with E-state index in [4.69, 9.17) is 4.74 Å². The molecule has 1 aromatic heterocycles. The van der Waals surface area contributed by atoms with Gasteiger partial charge in [0.25, 0.3) is 5.91 Å². The molecule has 1 unspecified atom stereocenters. The highest BCUT2D eigenvalue weighted by molar-refractivity contribution is 7.17. The van der Waals surface area contributed by atoms with Crippen LogP contribution >= 0.6 is 11.3 Å². The van der Waals surface area contributed by atoms with Gasteiger partial charge in [-0.3, -0.25) is 14.5 Å². The third-order valence-electron chi connectivity index (χ3n) is 5.41. The number of carbonyl (C=O) groups excluding carboxylic acids is 3. The zero-order valence-electron chi connectivity index (χ0n) is 19.2. The van der Waals surface area contributed by atoms with Crippen LogP contribution in [0.2, 0.25) is 0 Å². The molecule has 0 fully saturated rings. The first-order valence-electron chi connectivity index (χ1n) is 10.9. The number of nitrogens with zero attached hydrogens (tertiary/aromatic N) is 2. The lowest BCUT2D eigenvalue weighted by molar-refractivity contribution is -0.117. The van der Waals surface area contributed by atoms with E-state index in [9.17, 15) is 23.9 Å².